The Morgan fingerprint density at radius 2 is 1.92 bits per heavy atom. The molecule has 4 aliphatic carbocycles. The zero-order valence-corrected chi connectivity index (χ0v) is 22.6. The predicted molar refractivity (Wildman–Crippen MR) is 133 cm³/mol. The maximum absolute atomic E-state index is 14.1. The zero-order chi connectivity index (χ0) is 27.5. The molecule has 0 amide bonds. The van der Waals surface area contributed by atoms with Crippen LogP contribution in [0.15, 0.2) is 23.3 Å². The summed E-state index contributed by atoms with van der Waals surface area (Å²) in [7, 11) is 1.52. The summed E-state index contributed by atoms with van der Waals surface area (Å²) in [5.74, 6) is -3.80. The van der Waals surface area contributed by atoms with Gasteiger partial charge in [-0.2, -0.15) is 0 Å². The van der Waals surface area contributed by atoms with E-state index < -0.39 is 64.8 Å². The van der Waals surface area contributed by atoms with E-state index in [0.29, 0.717) is 45.1 Å². The van der Waals surface area contributed by atoms with Crippen molar-refractivity contribution in [2.45, 2.75) is 94.5 Å². The molecule has 3 aliphatic heterocycles. The average molecular weight is 547 g/mol. The molecule has 3 heterocycles. The maximum atomic E-state index is 14.1. The lowest BCUT2D eigenvalue weighted by Gasteiger charge is -2.63. The monoisotopic (exact) mass is 546 g/mol. The fraction of sp³-hybridized carbons (Fsp3) is 0.793. The second kappa shape index (κ2) is 8.44. The Kier molecular flexibility index (Phi) is 5.68. The Morgan fingerprint density at radius 1 is 1.13 bits per heavy atom. The third kappa shape index (κ3) is 3.22. The molecular weight excluding hydrogens is 508 g/mol. The molecule has 7 rings (SSSR count). The highest BCUT2D eigenvalue weighted by Crippen LogP contribution is 2.68. The topological polar surface area (TPSA) is 141 Å². The molecule has 0 bridgehead atoms. The second-order valence-corrected chi connectivity index (χ2v) is 13.1. The standard InChI is InChI=1S/C29H38O10/c1-26-12-19-18(38-25-29(34,39-19)20(35-3)7-9-36-25)11-15(26)4-5-17-22(26)23(31)24(32)27(2)16(6-8-28(17,27)33)14-10-21(30)37-13-14/h10-11,16-20,22-23,25,31,33-34H,4-9,12-13H2,1-3H3. The summed E-state index contributed by atoms with van der Waals surface area (Å²) >= 11 is 0. The lowest BCUT2D eigenvalue weighted by molar-refractivity contribution is -0.442. The number of ketones is 1. The Morgan fingerprint density at radius 3 is 2.64 bits per heavy atom. The minimum Gasteiger partial charge on any atom is -0.458 e. The number of fused-ring (bicyclic) bond motifs is 7. The molecule has 10 heteroatoms. The highest BCUT2D eigenvalue weighted by molar-refractivity contribution is 5.93. The molecule has 214 valence electrons. The van der Waals surface area contributed by atoms with Crippen molar-refractivity contribution < 1.29 is 48.6 Å². The van der Waals surface area contributed by atoms with E-state index in [9.17, 15) is 24.9 Å². The molecule has 5 fully saturated rings. The van der Waals surface area contributed by atoms with Gasteiger partial charge in [0.2, 0.25) is 12.1 Å². The number of rotatable bonds is 2. The van der Waals surface area contributed by atoms with Crippen molar-refractivity contribution in [1.29, 1.82) is 0 Å². The van der Waals surface area contributed by atoms with Crippen molar-refractivity contribution >= 4 is 11.8 Å². The number of aliphatic hydroxyl groups excluding tert-OH is 1. The lowest BCUT2D eigenvalue weighted by atomic mass is 9.43. The van der Waals surface area contributed by atoms with Crippen LogP contribution in [0.3, 0.4) is 0 Å². The summed E-state index contributed by atoms with van der Waals surface area (Å²) in [6.07, 6.45) is 2.71. The zero-order valence-electron chi connectivity index (χ0n) is 22.6. The number of esters is 1. The number of ether oxygens (including phenoxy) is 5. The third-order valence-corrected chi connectivity index (χ3v) is 11.6. The third-order valence-electron chi connectivity index (χ3n) is 11.6. The van der Waals surface area contributed by atoms with E-state index in [2.05, 4.69) is 0 Å². The molecule has 12 unspecified atom stereocenters. The lowest BCUT2D eigenvalue weighted by Crippen LogP contribution is -2.71. The van der Waals surface area contributed by atoms with E-state index in [1.165, 1.54) is 13.2 Å². The molecule has 3 N–H and O–H groups in total. The van der Waals surface area contributed by atoms with Crippen molar-refractivity contribution in [3.8, 4) is 0 Å². The van der Waals surface area contributed by atoms with E-state index in [4.69, 9.17) is 23.7 Å². The minimum atomic E-state index is -1.77. The van der Waals surface area contributed by atoms with Crippen LogP contribution in [0.5, 0.6) is 0 Å². The first-order chi connectivity index (χ1) is 18.5. The van der Waals surface area contributed by atoms with Gasteiger partial charge >= 0.3 is 5.97 Å². The first kappa shape index (κ1) is 26.3. The Labute approximate surface area is 227 Å². The van der Waals surface area contributed by atoms with Crippen LogP contribution in [0, 0.1) is 28.6 Å². The molecule has 0 aromatic carbocycles. The van der Waals surface area contributed by atoms with Gasteiger partial charge < -0.3 is 39.0 Å². The highest BCUT2D eigenvalue weighted by atomic mass is 16.8. The van der Waals surface area contributed by atoms with Gasteiger partial charge in [0.05, 0.1) is 23.7 Å². The van der Waals surface area contributed by atoms with E-state index in [1.807, 2.05) is 13.0 Å². The van der Waals surface area contributed by atoms with Gasteiger partial charge in [0.25, 0.3) is 0 Å². The highest BCUT2D eigenvalue weighted by Gasteiger charge is 2.74. The van der Waals surface area contributed by atoms with Crippen LogP contribution >= 0.6 is 0 Å². The first-order valence-electron chi connectivity index (χ1n) is 14.2. The Hall–Kier alpha value is -1.66. The molecule has 0 aromatic rings. The van der Waals surface area contributed by atoms with Crippen LogP contribution in [-0.2, 0) is 33.3 Å². The fourth-order valence-electron chi connectivity index (χ4n) is 9.64. The minimum absolute atomic E-state index is 0.119. The molecule has 10 nitrogen and oxygen atoms in total. The number of hydrogen-bond donors (Lipinski definition) is 3. The van der Waals surface area contributed by atoms with Crippen molar-refractivity contribution in [3.05, 3.63) is 23.3 Å². The molecular formula is C29H38O10. The molecule has 39 heavy (non-hydrogen) atoms. The maximum Gasteiger partial charge on any atom is 0.331 e. The van der Waals surface area contributed by atoms with E-state index in [1.54, 1.807) is 6.92 Å². The van der Waals surface area contributed by atoms with Crippen LogP contribution in [0.2, 0.25) is 0 Å². The van der Waals surface area contributed by atoms with Gasteiger partial charge in [-0.05, 0) is 61.9 Å². The molecule has 0 aromatic heterocycles. The van der Waals surface area contributed by atoms with Gasteiger partial charge in [-0.25, -0.2) is 4.79 Å². The number of allylic oxidation sites excluding steroid dienone is 1. The summed E-state index contributed by atoms with van der Waals surface area (Å²) in [6.45, 7) is 4.31. The van der Waals surface area contributed by atoms with Crippen molar-refractivity contribution in [3.63, 3.8) is 0 Å². The van der Waals surface area contributed by atoms with Crippen LogP contribution in [0.4, 0.5) is 0 Å². The second-order valence-electron chi connectivity index (χ2n) is 13.1. The van der Waals surface area contributed by atoms with Crippen molar-refractivity contribution in [1.82, 2.24) is 0 Å². The number of carbonyl (C=O) groups excluding carboxylic acids is 2. The normalized spacial score (nSPS) is 54.4. The van der Waals surface area contributed by atoms with Crippen LogP contribution < -0.4 is 0 Å². The van der Waals surface area contributed by atoms with Crippen molar-refractivity contribution in [2.75, 3.05) is 20.3 Å². The van der Waals surface area contributed by atoms with Gasteiger partial charge in [-0.3, -0.25) is 4.79 Å². The predicted octanol–water partition coefficient (Wildman–Crippen LogP) is 1.16. The Balaban J connectivity index is 1.24. The summed E-state index contributed by atoms with van der Waals surface area (Å²) in [5, 5.41) is 35.6. The molecule has 3 saturated carbocycles. The molecule has 12 atom stereocenters. The van der Waals surface area contributed by atoms with Crippen molar-refractivity contribution in [2.24, 2.45) is 28.6 Å². The Bertz CT molecular complexity index is 1160. The van der Waals surface area contributed by atoms with Gasteiger partial charge in [0, 0.05) is 25.5 Å². The van der Waals surface area contributed by atoms with E-state index in [0.717, 1.165) is 11.1 Å². The molecule has 0 radical (unpaired) electrons. The first-order valence-corrected chi connectivity index (χ1v) is 14.2. The van der Waals surface area contributed by atoms with Gasteiger partial charge in [0.1, 0.15) is 24.9 Å². The number of methoxy groups -OCH3 is 1. The summed E-state index contributed by atoms with van der Waals surface area (Å²) in [4.78, 5) is 26.0. The number of Topliss-reactive ketones (excluding diaryl/α,β-unsaturated/α-hetero) is 1. The number of hydrogen-bond acceptors (Lipinski definition) is 10. The van der Waals surface area contributed by atoms with Gasteiger partial charge in [-0.1, -0.05) is 18.6 Å². The van der Waals surface area contributed by atoms with Crippen LogP contribution in [0.25, 0.3) is 0 Å². The fourth-order valence-corrected chi connectivity index (χ4v) is 9.64. The molecule has 2 saturated heterocycles. The van der Waals surface area contributed by atoms with Gasteiger partial charge in [0.15, 0.2) is 5.78 Å². The quantitative estimate of drug-likeness (QED) is 0.341. The van der Waals surface area contributed by atoms with Crippen LogP contribution in [-0.4, -0.2) is 89.5 Å². The van der Waals surface area contributed by atoms with Gasteiger partial charge in [-0.15, -0.1) is 0 Å². The smallest absolute Gasteiger partial charge is 0.331 e. The number of carbonyl (C=O) groups is 2. The van der Waals surface area contributed by atoms with E-state index in [-0.39, 0.29) is 24.2 Å². The van der Waals surface area contributed by atoms with Crippen LogP contribution in [0.1, 0.15) is 52.4 Å². The SMILES string of the molecule is COC1CCOC2OC3C=C4CCC5C(C(O)C(=O)C6(C)C(C7=CC(=O)OC7)CCC56O)C4(C)CC3OC12O. The average Bonchev–Trinajstić information content (AvgIpc) is 3.44. The molecule has 7 aliphatic rings. The number of aliphatic hydroxyl groups is 3. The van der Waals surface area contributed by atoms with E-state index >= 15 is 0 Å². The molecule has 0 spiro atoms. The summed E-state index contributed by atoms with van der Waals surface area (Å²) in [6, 6.07) is 0. The summed E-state index contributed by atoms with van der Waals surface area (Å²) < 4.78 is 28.9. The summed E-state index contributed by atoms with van der Waals surface area (Å²) in [5.41, 5.74) is -1.42. The largest absolute Gasteiger partial charge is 0.458 e. The number of cyclic esters (lactones) is 1.